The average molecular weight is 309 g/mol. The van der Waals surface area contributed by atoms with Crippen LogP contribution in [0.4, 0.5) is 4.79 Å². The molecule has 1 fully saturated rings. The van der Waals surface area contributed by atoms with Crippen LogP contribution in [0.25, 0.3) is 0 Å². The van der Waals surface area contributed by atoms with Crippen LogP contribution >= 0.6 is 0 Å². The molecule has 1 N–H and O–H groups in total. The Bertz CT molecular complexity index is 417. The van der Waals surface area contributed by atoms with Gasteiger partial charge in [0.25, 0.3) is 0 Å². The second-order valence-corrected chi connectivity index (χ2v) is 11.1. The van der Waals surface area contributed by atoms with Gasteiger partial charge in [-0.1, -0.05) is 38.1 Å². The Hall–Kier alpha value is -1.25. The first-order valence-electron chi connectivity index (χ1n) is 7.69. The van der Waals surface area contributed by atoms with E-state index in [9.17, 15) is 9.90 Å². The summed E-state index contributed by atoms with van der Waals surface area (Å²) in [6.07, 6.45) is 7.90. The molecule has 0 aromatic heterocycles. The number of amides is 1. The smallest absolute Gasteiger partial charge is 0.413 e. The summed E-state index contributed by atoms with van der Waals surface area (Å²) in [6.45, 7) is 7.66. The Labute approximate surface area is 129 Å². The van der Waals surface area contributed by atoms with E-state index in [1.54, 1.807) is 4.90 Å². The number of cyclic esters (lactones) is 1. The Morgan fingerprint density at radius 1 is 1.38 bits per heavy atom. The first-order chi connectivity index (χ1) is 9.88. The molecule has 0 aromatic rings. The number of allylic oxidation sites excluding steroid dienone is 1. The fraction of sp³-hybridized carbons (Fsp3) is 0.688. The number of unbranched alkanes of at least 4 members (excludes halogenated alkanes) is 3. The summed E-state index contributed by atoms with van der Waals surface area (Å²) >= 11 is 0. The standard InChI is InChI=1S/C16H27NO3Si/c1-21(2,3)14-10-15(18)9-7-5-4-6-8-11-17-12-13-20-16(17)19/h8,11,15,18H,4-7,9,12-13H2,1-3H3/b11-8+. The predicted molar refractivity (Wildman–Crippen MR) is 87.4 cm³/mol. The molecular weight excluding hydrogens is 282 g/mol. The second-order valence-electron chi connectivity index (χ2n) is 6.37. The van der Waals surface area contributed by atoms with Crippen LogP contribution in [-0.2, 0) is 4.74 Å². The number of hydrogen-bond donors (Lipinski definition) is 1. The number of carbonyl (C=O) groups is 1. The number of ether oxygens (including phenoxy) is 1. The largest absolute Gasteiger partial charge is 0.447 e. The van der Waals surface area contributed by atoms with Crippen LogP contribution in [0.1, 0.15) is 32.1 Å². The van der Waals surface area contributed by atoms with E-state index in [2.05, 4.69) is 31.1 Å². The van der Waals surface area contributed by atoms with E-state index in [0.29, 0.717) is 13.2 Å². The average Bonchev–Trinajstić information content (AvgIpc) is 2.80. The van der Waals surface area contributed by atoms with E-state index < -0.39 is 14.2 Å². The van der Waals surface area contributed by atoms with Crippen molar-refractivity contribution in [3.05, 3.63) is 12.3 Å². The molecule has 0 bridgehead atoms. The molecule has 1 saturated heterocycles. The van der Waals surface area contributed by atoms with Crippen LogP contribution in [0.5, 0.6) is 0 Å². The van der Waals surface area contributed by atoms with Gasteiger partial charge in [-0.2, -0.15) is 0 Å². The van der Waals surface area contributed by atoms with Crippen LogP contribution in [0, 0.1) is 11.5 Å². The molecule has 0 aromatic carbocycles. The summed E-state index contributed by atoms with van der Waals surface area (Å²) in [7, 11) is -1.38. The van der Waals surface area contributed by atoms with Crippen molar-refractivity contribution >= 4 is 14.2 Å². The fourth-order valence-corrected chi connectivity index (χ4v) is 2.49. The summed E-state index contributed by atoms with van der Waals surface area (Å²) in [5, 5.41) is 9.76. The minimum Gasteiger partial charge on any atom is -0.447 e. The van der Waals surface area contributed by atoms with Crippen molar-refractivity contribution in [3.63, 3.8) is 0 Å². The molecule has 1 atom stereocenters. The first-order valence-corrected chi connectivity index (χ1v) is 11.2. The maximum atomic E-state index is 11.2. The van der Waals surface area contributed by atoms with Gasteiger partial charge in [0.1, 0.15) is 20.8 Å². The third-order valence-electron chi connectivity index (χ3n) is 3.04. The molecule has 21 heavy (non-hydrogen) atoms. The lowest BCUT2D eigenvalue weighted by Crippen LogP contribution is -2.17. The Morgan fingerprint density at radius 2 is 2.14 bits per heavy atom. The van der Waals surface area contributed by atoms with Crippen molar-refractivity contribution in [1.29, 1.82) is 0 Å². The van der Waals surface area contributed by atoms with Crippen LogP contribution < -0.4 is 0 Å². The lowest BCUT2D eigenvalue weighted by atomic mass is 10.1. The van der Waals surface area contributed by atoms with Crippen molar-refractivity contribution < 1.29 is 14.6 Å². The molecular formula is C16H27NO3Si. The van der Waals surface area contributed by atoms with E-state index in [1.807, 2.05) is 12.3 Å². The van der Waals surface area contributed by atoms with E-state index in [4.69, 9.17) is 4.74 Å². The number of aliphatic hydroxyl groups excluding tert-OH is 1. The monoisotopic (exact) mass is 309 g/mol. The molecule has 4 nitrogen and oxygen atoms in total. The molecule has 0 spiro atoms. The van der Waals surface area contributed by atoms with Crippen LogP contribution in [0.15, 0.2) is 12.3 Å². The zero-order valence-electron chi connectivity index (χ0n) is 13.4. The highest BCUT2D eigenvalue weighted by Crippen LogP contribution is 2.08. The zero-order chi connectivity index (χ0) is 15.7. The van der Waals surface area contributed by atoms with Crippen molar-refractivity contribution in [2.45, 2.75) is 57.8 Å². The van der Waals surface area contributed by atoms with Crippen molar-refractivity contribution in [2.75, 3.05) is 13.2 Å². The minimum atomic E-state index is -1.38. The van der Waals surface area contributed by atoms with Gasteiger partial charge < -0.3 is 9.84 Å². The van der Waals surface area contributed by atoms with E-state index in [-0.39, 0.29) is 6.09 Å². The molecule has 1 rings (SSSR count). The van der Waals surface area contributed by atoms with Crippen molar-refractivity contribution in [1.82, 2.24) is 4.90 Å². The van der Waals surface area contributed by atoms with Gasteiger partial charge >= 0.3 is 6.09 Å². The molecule has 0 saturated carbocycles. The SMILES string of the molecule is C[Si](C)(C)C#CC(O)CCCCC/C=C/N1CCOC1=O. The fourth-order valence-electron chi connectivity index (χ4n) is 1.89. The summed E-state index contributed by atoms with van der Waals surface area (Å²) < 4.78 is 4.83. The van der Waals surface area contributed by atoms with Crippen LogP contribution in [0.2, 0.25) is 19.6 Å². The molecule has 5 heteroatoms. The first kappa shape index (κ1) is 17.8. The highest BCUT2D eigenvalue weighted by atomic mass is 28.3. The molecule has 0 aliphatic carbocycles. The third-order valence-corrected chi connectivity index (χ3v) is 3.93. The quantitative estimate of drug-likeness (QED) is 0.446. The molecule has 1 aliphatic rings. The maximum absolute atomic E-state index is 11.2. The van der Waals surface area contributed by atoms with Crippen LogP contribution in [-0.4, -0.2) is 43.4 Å². The molecule has 1 aliphatic heterocycles. The van der Waals surface area contributed by atoms with Gasteiger partial charge in [0, 0.05) is 6.20 Å². The molecule has 1 amide bonds. The molecule has 1 heterocycles. The van der Waals surface area contributed by atoms with Gasteiger partial charge in [0.15, 0.2) is 0 Å². The summed E-state index contributed by atoms with van der Waals surface area (Å²) in [5.41, 5.74) is 3.20. The Kier molecular flexibility index (Phi) is 7.55. The van der Waals surface area contributed by atoms with E-state index >= 15 is 0 Å². The van der Waals surface area contributed by atoms with Crippen LogP contribution in [0.3, 0.4) is 0 Å². The minimum absolute atomic E-state index is 0.254. The van der Waals surface area contributed by atoms with Crippen molar-refractivity contribution in [2.24, 2.45) is 0 Å². The maximum Gasteiger partial charge on any atom is 0.413 e. The van der Waals surface area contributed by atoms with Gasteiger partial charge in [-0.3, -0.25) is 4.90 Å². The van der Waals surface area contributed by atoms with Gasteiger partial charge in [0.05, 0.1) is 6.54 Å². The molecule has 0 radical (unpaired) electrons. The Balaban J connectivity index is 2.05. The topological polar surface area (TPSA) is 49.8 Å². The lowest BCUT2D eigenvalue weighted by Gasteiger charge is -2.07. The second kappa shape index (κ2) is 8.91. The third kappa shape index (κ3) is 8.59. The predicted octanol–water partition coefficient (Wildman–Crippen LogP) is 3.14. The summed E-state index contributed by atoms with van der Waals surface area (Å²) in [4.78, 5) is 12.8. The number of aliphatic hydroxyl groups is 1. The lowest BCUT2D eigenvalue weighted by molar-refractivity contribution is 0.166. The summed E-state index contributed by atoms with van der Waals surface area (Å²) in [5.74, 6) is 2.96. The summed E-state index contributed by atoms with van der Waals surface area (Å²) in [6, 6.07) is 0. The molecule has 118 valence electrons. The Morgan fingerprint density at radius 3 is 2.76 bits per heavy atom. The van der Waals surface area contributed by atoms with Gasteiger partial charge in [-0.15, -0.1) is 5.54 Å². The van der Waals surface area contributed by atoms with E-state index in [1.165, 1.54) is 0 Å². The molecule has 1 unspecified atom stereocenters. The van der Waals surface area contributed by atoms with Gasteiger partial charge in [-0.05, 0) is 25.7 Å². The van der Waals surface area contributed by atoms with Crippen molar-refractivity contribution in [3.8, 4) is 11.5 Å². The van der Waals surface area contributed by atoms with Gasteiger partial charge in [-0.25, -0.2) is 4.79 Å². The normalized spacial score (nSPS) is 16.8. The number of rotatable bonds is 7. The highest BCUT2D eigenvalue weighted by molar-refractivity contribution is 6.83. The van der Waals surface area contributed by atoms with Gasteiger partial charge in [0.2, 0.25) is 0 Å². The zero-order valence-corrected chi connectivity index (χ0v) is 14.4. The van der Waals surface area contributed by atoms with E-state index in [0.717, 1.165) is 32.1 Å². The number of carbonyl (C=O) groups excluding carboxylic acids is 1. The highest BCUT2D eigenvalue weighted by Gasteiger charge is 2.18. The number of nitrogens with zero attached hydrogens (tertiary/aromatic N) is 1. The number of hydrogen-bond acceptors (Lipinski definition) is 3.